The number of nitrogens with zero attached hydrogens (tertiary/aromatic N) is 3. The Morgan fingerprint density at radius 1 is 1.12 bits per heavy atom. The summed E-state index contributed by atoms with van der Waals surface area (Å²) >= 11 is 0. The van der Waals surface area contributed by atoms with E-state index in [9.17, 15) is 9.18 Å². The van der Waals surface area contributed by atoms with Crippen LogP contribution in [0.2, 0.25) is 0 Å². The molecule has 1 aliphatic heterocycles. The van der Waals surface area contributed by atoms with Crippen molar-refractivity contribution in [1.29, 1.82) is 0 Å². The lowest BCUT2D eigenvalue weighted by Crippen LogP contribution is -2.41. The van der Waals surface area contributed by atoms with Crippen LogP contribution in [0.25, 0.3) is 0 Å². The Hall–Kier alpha value is -2.95. The molecule has 126 valence electrons. The number of carbonyl (C=O) groups excluding carboxylic acids is 1. The van der Waals surface area contributed by atoms with Gasteiger partial charge < -0.3 is 4.90 Å². The third-order valence-corrected chi connectivity index (χ3v) is 4.60. The third-order valence-electron chi connectivity index (χ3n) is 4.60. The maximum Gasteiger partial charge on any atom is 0.231 e. The van der Waals surface area contributed by atoms with Crippen molar-refractivity contribution < 1.29 is 9.18 Å². The maximum atomic E-state index is 13.1. The number of halogens is 1. The van der Waals surface area contributed by atoms with Gasteiger partial charge in [0.15, 0.2) is 0 Å². The molecule has 4 rings (SSSR count). The predicted molar refractivity (Wildman–Crippen MR) is 93.9 cm³/mol. The first kappa shape index (κ1) is 15.6. The zero-order valence-corrected chi connectivity index (χ0v) is 13.7. The lowest BCUT2D eigenvalue weighted by molar-refractivity contribution is -0.118. The van der Waals surface area contributed by atoms with E-state index in [1.54, 1.807) is 18.3 Å². The number of carbonyl (C=O) groups is 1. The maximum absolute atomic E-state index is 13.1. The molecule has 3 aromatic rings. The van der Waals surface area contributed by atoms with E-state index >= 15 is 0 Å². The summed E-state index contributed by atoms with van der Waals surface area (Å²) in [4.78, 5) is 14.8. The van der Waals surface area contributed by atoms with Crippen LogP contribution in [-0.4, -0.2) is 22.2 Å². The number of anilines is 1. The molecule has 1 amide bonds. The second kappa shape index (κ2) is 6.51. The zero-order valence-electron chi connectivity index (χ0n) is 13.7. The monoisotopic (exact) mass is 335 g/mol. The van der Waals surface area contributed by atoms with Gasteiger partial charge in [-0.3, -0.25) is 9.48 Å². The Morgan fingerprint density at radius 3 is 2.68 bits per heavy atom. The first-order valence-electron chi connectivity index (χ1n) is 8.32. The molecule has 0 aliphatic carbocycles. The van der Waals surface area contributed by atoms with Crippen LogP contribution in [-0.2, 0) is 17.6 Å². The van der Waals surface area contributed by atoms with Crippen LogP contribution >= 0.6 is 0 Å². The first-order chi connectivity index (χ1) is 12.2. The number of aromatic nitrogens is 2. The van der Waals surface area contributed by atoms with Gasteiger partial charge in [-0.2, -0.15) is 5.10 Å². The molecule has 1 atom stereocenters. The van der Waals surface area contributed by atoms with Crippen LogP contribution in [0.1, 0.15) is 17.2 Å². The number of fused-ring (bicyclic) bond motifs is 1. The Balaban J connectivity index is 1.62. The van der Waals surface area contributed by atoms with Crippen molar-refractivity contribution in [3.05, 3.63) is 83.9 Å². The van der Waals surface area contributed by atoms with E-state index in [0.717, 1.165) is 23.2 Å². The molecule has 5 heteroatoms. The van der Waals surface area contributed by atoms with E-state index in [0.29, 0.717) is 6.54 Å². The predicted octanol–water partition coefficient (Wildman–Crippen LogP) is 3.40. The standard InChI is InChI=1S/C20H18FN3O/c21-17-8-6-15(7-9-17)12-20(25)23-14-18(24-11-3-10-22-24)13-16-4-1-2-5-19(16)23/h1-11,18H,12-14H2. The summed E-state index contributed by atoms with van der Waals surface area (Å²) in [7, 11) is 0. The number of rotatable bonds is 3. The third kappa shape index (κ3) is 3.18. The van der Waals surface area contributed by atoms with Crippen LogP contribution < -0.4 is 4.90 Å². The van der Waals surface area contributed by atoms with Crippen molar-refractivity contribution in [2.24, 2.45) is 0 Å². The first-order valence-corrected chi connectivity index (χ1v) is 8.32. The molecule has 0 fully saturated rings. The lowest BCUT2D eigenvalue weighted by atomic mass is 9.97. The molecule has 0 saturated carbocycles. The van der Waals surface area contributed by atoms with E-state index < -0.39 is 0 Å². The molecule has 1 aliphatic rings. The highest BCUT2D eigenvalue weighted by Gasteiger charge is 2.29. The van der Waals surface area contributed by atoms with Gasteiger partial charge in [-0.1, -0.05) is 30.3 Å². The van der Waals surface area contributed by atoms with Crippen molar-refractivity contribution in [3.8, 4) is 0 Å². The highest BCUT2D eigenvalue weighted by Crippen LogP contribution is 2.32. The highest BCUT2D eigenvalue weighted by atomic mass is 19.1. The van der Waals surface area contributed by atoms with Gasteiger partial charge in [-0.25, -0.2) is 4.39 Å². The average Bonchev–Trinajstić information content (AvgIpc) is 3.17. The van der Waals surface area contributed by atoms with Gasteiger partial charge in [0.1, 0.15) is 5.82 Å². The molecule has 25 heavy (non-hydrogen) atoms. The Kier molecular flexibility index (Phi) is 4.06. The van der Waals surface area contributed by atoms with Gasteiger partial charge in [0.25, 0.3) is 0 Å². The SMILES string of the molecule is O=C(Cc1ccc(F)cc1)N1CC(n2cccn2)Cc2ccccc21. The minimum Gasteiger partial charge on any atom is -0.310 e. The molecule has 0 radical (unpaired) electrons. The van der Waals surface area contributed by atoms with Gasteiger partial charge in [-0.05, 0) is 41.8 Å². The minimum atomic E-state index is -0.293. The fraction of sp³-hybridized carbons (Fsp3) is 0.200. The highest BCUT2D eigenvalue weighted by molar-refractivity contribution is 5.96. The van der Waals surface area contributed by atoms with Crippen molar-refractivity contribution in [1.82, 2.24) is 9.78 Å². The van der Waals surface area contributed by atoms with Gasteiger partial charge in [-0.15, -0.1) is 0 Å². The topological polar surface area (TPSA) is 38.1 Å². The Labute approximate surface area is 145 Å². The van der Waals surface area contributed by atoms with Crippen molar-refractivity contribution in [3.63, 3.8) is 0 Å². The molecular formula is C20H18FN3O. The molecule has 1 aromatic heterocycles. The van der Waals surface area contributed by atoms with Crippen LogP contribution in [0.3, 0.4) is 0 Å². The van der Waals surface area contributed by atoms with E-state index in [2.05, 4.69) is 11.2 Å². The molecule has 1 unspecified atom stereocenters. The van der Waals surface area contributed by atoms with Crippen molar-refractivity contribution in [2.75, 3.05) is 11.4 Å². The zero-order chi connectivity index (χ0) is 17.2. The number of benzene rings is 2. The number of para-hydroxylation sites is 1. The van der Waals surface area contributed by atoms with Crippen LogP contribution in [0.15, 0.2) is 67.0 Å². The number of amides is 1. The fourth-order valence-electron chi connectivity index (χ4n) is 3.36. The summed E-state index contributed by atoms with van der Waals surface area (Å²) in [5.74, 6) is -0.283. The van der Waals surface area contributed by atoms with Gasteiger partial charge in [0.05, 0.1) is 12.5 Å². The van der Waals surface area contributed by atoms with E-state index in [1.807, 2.05) is 40.0 Å². The molecule has 2 aromatic carbocycles. The van der Waals surface area contributed by atoms with Crippen LogP contribution in [0.5, 0.6) is 0 Å². The smallest absolute Gasteiger partial charge is 0.231 e. The van der Waals surface area contributed by atoms with Gasteiger partial charge in [0, 0.05) is 24.6 Å². The molecule has 0 saturated heterocycles. The summed E-state index contributed by atoms with van der Waals surface area (Å²) < 4.78 is 15.0. The second-order valence-corrected chi connectivity index (χ2v) is 6.28. The Bertz CT molecular complexity index is 874. The summed E-state index contributed by atoms with van der Waals surface area (Å²) in [5.41, 5.74) is 2.91. The lowest BCUT2D eigenvalue weighted by Gasteiger charge is -2.35. The quantitative estimate of drug-likeness (QED) is 0.736. The molecule has 0 bridgehead atoms. The van der Waals surface area contributed by atoms with E-state index in [4.69, 9.17) is 0 Å². The van der Waals surface area contributed by atoms with Gasteiger partial charge >= 0.3 is 0 Å². The number of hydrogen-bond acceptors (Lipinski definition) is 2. The van der Waals surface area contributed by atoms with Crippen molar-refractivity contribution in [2.45, 2.75) is 18.9 Å². The number of hydrogen-bond donors (Lipinski definition) is 0. The van der Waals surface area contributed by atoms with Crippen LogP contribution in [0.4, 0.5) is 10.1 Å². The summed E-state index contributed by atoms with van der Waals surface area (Å²) in [6.45, 7) is 0.582. The van der Waals surface area contributed by atoms with Gasteiger partial charge in [0.2, 0.25) is 5.91 Å². The van der Waals surface area contributed by atoms with E-state index in [1.165, 1.54) is 12.1 Å². The largest absolute Gasteiger partial charge is 0.310 e. The Morgan fingerprint density at radius 2 is 1.92 bits per heavy atom. The normalized spacial score (nSPS) is 16.5. The average molecular weight is 335 g/mol. The second-order valence-electron chi connectivity index (χ2n) is 6.28. The fourth-order valence-corrected chi connectivity index (χ4v) is 3.36. The molecule has 2 heterocycles. The molecule has 4 nitrogen and oxygen atoms in total. The van der Waals surface area contributed by atoms with Crippen LogP contribution in [0, 0.1) is 5.82 Å². The molecular weight excluding hydrogens is 317 g/mol. The minimum absolute atomic E-state index is 0.0101. The van der Waals surface area contributed by atoms with E-state index in [-0.39, 0.29) is 24.2 Å². The molecule has 0 N–H and O–H groups in total. The summed E-state index contributed by atoms with van der Waals surface area (Å²) in [6, 6.07) is 16.1. The molecule has 0 spiro atoms. The van der Waals surface area contributed by atoms with Crippen molar-refractivity contribution >= 4 is 11.6 Å². The summed E-state index contributed by atoms with van der Waals surface area (Å²) in [5, 5.41) is 4.34. The summed E-state index contributed by atoms with van der Waals surface area (Å²) in [6.07, 6.45) is 4.78.